The average Bonchev–Trinajstić information content (AvgIpc) is 2.72. The van der Waals surface area contributed by atoms with Crippen molar-refractivity contribution in [3.05, 3.63) is 28.9 Å². The molecule has 0 amide bonds. The third kappa shape index (κ3) is 3.49. The van der Waals surface area contributed by atoms with Crippen LogP contribution in [0.1, 0.15) is 29.2 Å². The Kier molecular flexibility index (Phi) is 4.61. The van der Waals surface area contributed by atoms with Gasteiger partial charge in [0.1, 0.15) is 9.90 Å². The van der Waals surface area contributed by atoms with E-state index in [-0.39, 0.29) is 11.0 Å². The molecule has 0 saturated carbocycles. The first-order valence-electron chi connectivity index (χ1n) is 5.97. The second kappa shape index (κ2) is 6.23. The smallest absolute Gasteiger partial charge is 0.347 e. The second-order valence-electron chi connectivity index (χ2n) is 4.27. The number of aryl methyl sites for hydroxylation is 1. The van der Waals surface area contributed by atoms with Gasteiger partial charge in [-0.1, -0.05) is 11.3 Å². The van der Waals surface area contributed by atoms with Crippen LogP contribution < -0.4 is 4.74 Å². The maximum atomic E-state index is 11.0. The third-order valence-electron chi connectivity index (χ3n) is 2.25. The van der Waals surface area contributed by atoms with E-state index >= 15 is 0 Å². The van der Waals surface area contributed by atoms with Crippen molar-refractivity contribution in [1.29, 1.82) is 0 Å². The summed E-state index contributed by atoms with van der Waals surface area (Å²) in [5, 5.41) is 9.73. The summed E-state index contributed by atoms with van der Waals surface area (Å²) < 4.78 is 6.32. The van der Waals surface area contributed by atoms with Gasteiger partial charge in [0.25, 0.3) is 0 Å². The van der Waals surface area contributed by atoms with Gasteiger partial charge in [-0.3, -0.25) is 0 Å². The van der Waals surface area contributed by atoms with Gasteiger partial charge < -0.3 is 9.84 Å². The molecule has 7 heteroatoms. The van der Waals surface area contributed by atoms with Gasteiger partial charge >= 0.3 is 5.97 Å². The zero-order valence-corrected chi connectivity index (χ0v) is 12.9. The maximum absolute atomic E-state index is 11.0. The highest BCUT2D eigenvalue weighted by atomic mass is 32.2. The van der Waals surface area contributed by atoms with Crippen LogP contribution in [0.2, 0.25) is 0 Å². The molecular formula is C13H14N2O3S2. The van der Waals surface area contributed by atoms with Crippen molar-refractivity contribution in [2.75, 3.05) is 0 Å². The van der Waals surface area contributed by atoms with E-state index in [1.165, 1.54) is 11.8 Å². The summed E-state index contributed by atoms with van der Waals surface area (Å²) in [5.74, 6) is -0.274. The number of hydrogen-bond acceptors (Lipinski definition) is 6. The van der Waals surface area contributed by atoms with Gasteiger partial charge in [0, 0.05) is 6.20 Å². The molecule has 0 radical (unpaired) electrons. The molecule has 1 N–H and O–H groups in total. The lowest BCUT2D eigenvalue weighted by atomic mass is 10.4. The van der Waals surface area contributed by atoms with Crippen LogP contribution in [0.15, 0.2) is 27.7 Å². The Bertz CT molecular complexity index is 626. The van der Waals surface area contributed by atoms with Crippen molar-refractivity contribution in [2.24, 2.45) is 0 Å². The lowest BCUT2D eigenvalue weighted by molar-refractivity contribution is 0.0701. The van der Waals surface area contributed by atoms with Crippen LogP contribution in [0.4, 0.5) is 0 Å². The first-order valence-corrected chi connectivity index (χ1v) is 7.61. The van der Waals surface area contributed by atoms with E-state index in [0.29, 0.717) is 20.8 Å². The van der Waals surface area contributed by atoms with Crippen LogP contribution in [0, 0.1) is 6.92 Å². The van der Waals surface area contributed by atoms with Crippen molar-refractivity contribution in [3.8, 4) is 5.75 Å². The van der Waals surface area contributed by atoms with Crippen LogP contribution >= 0.6 is 23.1 Å². The Balaban J connectivity index is 2.26. The van der Waals surface area contributed by atoms with Crippen molar-refractivity contribution in [3.63, 3.8) is 0 Å². The number of nitrogens with zero attached hydrogens (tertiary/aromatic N) is 2. The standard InChI is InChI=1S/C13H14N2O3S2/c1-7(2)18-9-5-4-6-14-11(9)20-13-15-8(3)10(19-13)12(16)17/h4-7H,1-3H3,(H,16,17). The van der Waals surface area contributed by atoms with Gasteiger partial charge in [0.15, 0.2) is 10.1 Å². The molecule has 0 aliphatic carbocycles. The highest BCUT2D eigenvalue weighted by Gasteiger charge is 2.17. The number of carboxylic acids is 1. The molecular weight excluding hydrogens is 296 g/mol. The van der Waals surface area contributed by atoms with E-state index in [0.717, 1.165) is 11.3 Å². The number of rotatable bonds is 5. The van der Waals surface area contributed by atoms with Crippen molar-refractivity contribution < 1.29 is 14.6 Å². The summed E-state index contributed by atoms with van der Waals surface area (Å²) >= 11 is 2.46. The van der Waals surface area contributed by atoms with Gasteiger partial charge in [0.2, 0.25) is 0 Å². The Morgan fingerprint density at radius 3 is 2.85 bits per heavy atom. The Labute approximate surface area is 125 Å². The molecule has 0 saturated heterocycles. The van der Waals surface area contributed by atoms with E-state index in [4.69, 9.17) is 9.84 Å². The normalized spacial score (nSPS) is 10.8. The Morgan fingerprint density at radius 2 is 2.25 bits per heavy atom. The number of hydrogen-bond donors (Lipinski definition) is 1. The van der Waals surface area contributed by atoms with E-state index in [1.807, 2.05) is 19.9 Å². The summed E-state index contributed by atoms with van der Waals surface area (Å²) in [4.78, 5) is 19.8. The lowest BCUT2D eigenvalue weighted by Gasteiger charge is -2.11. The number of thiazole rings is 1. The van der Waals surface area contributed by atoms with Crippen LogP contribution in [0.25, 0.3) is 0 Å². The Morgan fingerprint density at radius 1 is 1.50 bits per heavy atom. The molecule has 2 rings (SSSR count). The molecule has 0 unspecified atom stereocenters. The number of aromatic nitrogens is 2. The maximum Gasteiger partial charge on any atom is 0.347 e. The minimum Gasteiger partial charge on any atom is -0.488 e. The van der Waals surface area contributed by atoms with Crippen LogP contribution in [0.3, 0.4) is 0 Å². The van der Waals surface area contributed by atoms with Gasteiger partial charge in [-0.2, -0.15) is 0 Å². The van der Waals surface area contributed by atoms with Gasteiger partial charge in [-0.15, -0.1) is 0 Å². The minimum atomic E-state index is -0.952. The number of ether oxygens (including phenoxy) is 1. The van der Waals surface area contributed by atoms with E-state index in [9.17, 15) is 4.79 Å². The van der Waals surface area contributed by atoms with Crippen LogP contribution in [0.5, 0.6) is 5.75 Å². The highest BCUT2D eigenvalue weighted by molar-refractivity contribution is 8.01. The van der Waals surface area contributed by atoms with Crippen molar-refractivity contribution in [2.45, 2.75) is 36.2 Å². The number of carboxylic acid groups (broad SMARTS) is 1. The zero-order valence-electron chi connectivity index (χ0n) is 11.3. The molecule has 0 fully saturated rings. The SMILES string of the molecule is Cc1nc(Sc2ncccc2OC(C)C)sc1C(=O)O. The summed E-state index contributed by atoms with van der Waals surface area (Å²) in [5.41, 5.74) is 0.521. The fourth-order valence-electron chi connectivity index (χ4n) is 1.49. The molecule has 0 atom stereocenters. The first kappa shape index (κ1) is 14.8. The molecule has 2 aromatic rings. The molecule has 0 aliphatic rings. The van der Waals surface area contributed by atoms with Crippen molar-refractivity contribution in [1.82, 2.24) is 9.97 Å². The van der Waals surface area contributed by atoms with Gasteiger partial charge in [-0.25, -0.2) is 14.8 Å². The monoisotopic (exact) mass is 310 g/mol. The first-order chi connectivity index (χ1) is 9.47. The number of aromatic carboxylic acids is 1. The van der Waals surface area contributed by atoms with E-state index in [2.05, 4.69) is 9.97 Å². The lowest BCUT2D eigenvalue weighted by Crippen LogP contribution is -2.06. The molecule has 0 spiro atoms. The molecule has 106 valence electrons. The van der Waals surface area contributed by atoms with E-state index in [1.54, 1.807) is 19.2 Å². The molecule has 2 aromatic heterocycles. The van der Waals surface area contributed by atoms with Crippen LogP contribution in [-0.2, 0) is 0 Å². The van der Waals surface area contributed by atoms with Crippen molar-refractivity contribution >= 4 is 29.1 Å². The summed E-state index contributed by atoms with van der Waals surface area (Å²) in [6, 6.07) is 3.64. The largest absolute Gasteiger partial charge is 0.488 e. The van der Waals surface area contributed by atoms with Gasteiger partial charge in [0.05, 0.1) is 11.8 Å². The summed E-state index contributed by atoms with van der Waals surface area (Å²) in [6.07, 6.45) is 1.72. The fourth-order valence-corrected chi connectivity index (χ4v) is 3.46. The highest BCUT2D eigenvalue weighted by Crippen LogP contribution is 2.36. The molecule has 5 nitrogen and oxygen atoms in total. The summed E-state index contributed by atoms with van der Waals surface area (Å²) in [7, 11) is 0. The number of carbonyl (C=O) groups is 1. The zero-order chi connectivity index (χ0) is 14.7. The molecule has 20 heavy (non-hydrogen) atoms. The molecule has 0 bridgehead atoms. The summed E-state index contributed by atoms with van der Waals surface area (Å²) in [6.45, 7) is 5.57. The second-order valence-corrected chi connectivity index (χ2v) is 6.51. The predicted molar refractivity (Wildman–Crippen MR) is 77.9 cm³/mol. The molecule has 0 aliphatic heterocycles. The average molecular weight is 310 g/mol. The quantitative estimate of drug-likeness (QED) is 0.911. The predicted octanol–water partition coefficient (Wildman–Crippen LogP) is 3.48. The molecule has 2 heterocycles. The topological polar surface area (TPSA) is 72.3 Å². The number of pyridine rings is 1. The minimum absolute atomic E-state index is 0.0474. The Hall–Kier alpha value is -1.60. The third-order valence-corrected chi connectivity index (χ3v) is 4.46. The molecule has 0 aromatic carbocycles. The van der Waals surface area contributed by atoms with E-state index < -0.39 is 5.97 Å². The van der Waals surface area contributed by atoms with Gasteiger partial charge in [-0.05, 0) is 44.7 Å². The van der Waals surface area contributed by atoms with Crippen LogP contribution in [-0.4, -0.2) is 27.1 Å². The fraction of sp³-hybridized carbons (Fsp3) is 0.308.